The van der Waals surface area contributed by atoms with E-state index in [0.29, 0.717) is 6.42 Å². The van der Waals surface area contributed by atoms with Crippen molar-refractivity contribution in [1.82, 2.24) is 5.32 Å². The minimum absolute atomic E-state index is 0.0114. The van der Waals surface area contributed by atoms with Gasteiger partial charge in [0.2, 0.25) is 5.91 Å². The van der Waals surface area contributed by atoms with E-state index in [1.165, 1.54) is 0 Å². The topological polar surface area (TPSA) is 75.6 Å². The maximum absolute atomic E-state index is 12.3. The molecular weight excluding hydrogens is 330 g/mol. The fraction of sp³-hybridized carbons (Fsp3) is 0.333. The van der Waals surface area contributed by atoms with Gasteiger partial charge in [0.1, 0.15) is 12.7 Å². The molecule has 0 bridgehead atoms. The third kappa shape index (κ3) is 3.94. The first kappa shape index (κ1) is 18.1. The van der Waals surface area contributed by atoms with Crippen LogP contribution in [0.2, 0.25) is 0 Å². The number of rotatable bonds is 7. The summed E-state index contributed by atoms with van der Waals surface area (Å²) < 4.78 is 5.96. The standard InChI is InChI=1S/C21H23NO4/c1-21(2,12-11-19(24)25)22-18(23)13-26-20-16-9-5-3-7-14(16)15-8-4-6-10-17(15)20/h3-10,20H,11-13H2,1-2H3,(H,22,23)(H,24,25). The Kier molecular flexibility index (Phi) is 5.09. The van der Waals surface area contributed by atoms with Gasteiger partial charge in [0.05, 0.1) is 0 Å². The van der Waals surface area contributed by atoms with E-state index >= 15 is 0 Å². The van der Waals surface area contributed by atoms with Crippen molar-refractivity contribution in [3.8, 4) is 11.1 Å². The van der Waals surface area contributed by atoms with E-state index in [0.717, 1.165) is 22.3 Å². The number of carbonyl (C=O) groups excluding carboxylic acids is 1. The minimum atomic E-state index is -0.872. The van der Waals surface area contributed by atoms with Gasteiger partial charge < -0.3 is 15.2 Å². The molecule has 0 spiro atoms. The van der Waals surface area contributed by atoms with Crippen LogP contribution in [0.1, 0.15) is 43.9 Å². The Balaban J connectivity index is 1.66. The normalized spacial score (nSPS) is 13.2. The molecule has 1 aliphatic rings. The number of aliphatic carboxylic acids is 1. The van der Waals surface area contributed by atoms with Crippen molar-refractivity contribution in [3.63, 3.8) is 0 Å². The van der Waals surface area contributed by atoms with Crippen molar-refractivity contribution in [2.45, 2.75) is 38.3 Å². The predicted octanol–water partition coefficient (Wildman–Crippen LogP) is 3.53. The summed E-state index contributed by atoms with van der Waals surface area (Å²) in [4.78, 5) is 23.0. The summed E-state index contributed by atoms with van der Waals surface area (Å²) in [6, 6.07) is 16.1. The average Bonchev–Trinajstić information content (AvgIpc) is 2.92. The maximum atomic E-state index is 12.3. The van der Waals surface area contributed by atoms with E-state index in [-0.39, 0.29) is 25.0 Å². The molecule has 5 nitrogen and oxygen atoms in total. The lowest BCUT2D eigenvalue weighted by molar-refractivity contribution is -0.138. The molecule has 3 rings (SSSR count). The van der Waals surface area contributed by atoms with Gasteiger partial charge in [0, 0.05) is 12.0 Å². The van der Waals surface area contributed by atoms with Gasteiger partial charge in [-0.1, -0.05) is 48.5 Å². The predicted molar refractivity (Wildman–Crippen MR) is 98.8 cm³/mol. The Morgan fingerprint density at radius 1 is 1.04 bits per heavy atom. The number of carboxylic acid groups (broad SMARTS) is 1. The molecule has 2 aromatic rings. The van der Waals surface area contributed by atoms with Crippen LogP contribution >= 0.6 is 0 Å². The number of benzene rings is 2. The molecule has 0 aromatic heterocycles. The fourth-order valence-corrected chi connectivity index (χ4v) is 3.34. The summed E-state index contributed by atoms with van der Waals surface area (Å²) >= 11 is 0. The largest absolute Gasteiger partial charge is 0.481 e. The Morgan fingerprint density at radius 3 is 2.12 bits per heavy atom. The molecule has 0 saturated carbocycles. The van der Waals surface area contributed by atoms with Crippen LogP contribution in [0, 0.1) is 0 Å². The Morgan fingerprint density at radius 2 is 1.58 bits per heavy atom. The lowest BCUT2D eigenvalue weighted by Gasteiger charge is -2.26. The van der Waals surface area contributed by atoms with Crippen molar-refractivity contribution < 1.29 is 19.4 Å². The lowest BCUT2D eigenvalue weighted by atomic mass is 9.98. The molecule has 1 aliphatic carbocycles. The van der Waals surface area contributed by atoms with Gasteiger partial charge in [-0.25, -0.2) is 0 Å². The number of carbonyl (C=O) groups is 2. The minimum Gasteiger partial charge on any atom is -0.481 e. The van der Waals surface area contributed by atoms with Gasteiger partial charge in [0.15, 0.2) is 0 Å². The number of hydrogen-bond donors (Lipinski definition) is 2. The molecule has 5 heteroatoms. The first-order valence-electron chi connectivity index (χ1n) is 8.70. The molecule has 136 valence electrons. The second-order valence-corrected chi connectivity index (χ2v) is 7.19. The number of carboxylic acids is 1. The first-order chi connectivity index (χ1) is 12.4. The van der Waals surface area contributed by atoms with Crippen LogP contribution in [0.25, 0.3) is 11.1 Å². The number of ether oxygens (including phenoxy) is 1. The summed E-state index contributed by atoms with van der Waals surface area (Å²) in [5, 5.41) is 11.7. The summed E-state index contributed by atoms with van der Waals surface area (Å²) in [5.41, 5.74) is 3.80. The van der Waals surface area contributed by atoms with Gasteiger partial charge >= 0.3 is 5.97 Å². The van der Waals surface area contributed by atoms with E-state index < -0.39 is 11.5 Å². The van der Waals surface area contributed by atoms with E-state index in [1.54, 1.807) is 0 Å². The highest BCUT2D eigenvalue weighted by molar-refractivity contribution is 5.80. The summed E-state index contributed by atoms with van der Waals surface area (Å²) in [6.45, 7) is 3.55. The van der Waals surface area contributed by atoms with Crippen molar-refractivity contribution in [2.24, 2.45) is 0 Å². The molecule has 2 N–H and O–H groups in total. The van der Waals surface area contributed by atoms with Crippen molar-refractivity contribution in [2.75, 3.05) is 6.61 Å². The van der Waals surface area contributed by atoms with Crippen LogP contribution in [0.4, 0.5) is 0 Å². The molecule has 0 aliphatic heterocycles. The molecule has 26 heavy (non-hydrogen) atoms. The number of nitrogens with one attached hydrogen (secondary N) is 1. The summed E-state index contributed by atoms with van der Waals surface area (Å²) in [5.74, 6) is -1.12. The fourth-order valence-electron chi connectivity index (χ4n) is 3.34. The molecule has 1 amide bonds. The van der Waals surface area contributed by atoms with Gasteiger partial charge in [-0.2, -0.15) is 0 Å². The SMILES string of the molecule is CC(C)(CCC(=O)O)NC(=O)COC1c2ccccc2-c2ccccc21. The zero-order valence-corrected chi connectivity index (χ0v) is 15.0. The number of hydrogen-bond acceptors (Lipinski definition) is 3. The molecular formula is C21H23NO4. The monoisotopic (exact) mass is 353 g/mol. The van der Waals surface area contributed by atoms with E-state index in [9.17, 15) is 9.59 Å². The molecule has 0 heterocycles. The van der Waals surface area contributed by atoms with E-state index in [4.69, 9.17) is 9.84 Å². The van der Waals surface area contributed by atoms with Crippen LogP contribution in [0.5, 0.6) is 0 Å². The highest BCUT2D eigenvalue weighted by Gasteiger charge is 2.30. The number of amides is 1. The Hall–Kier alpha value is -2.66. The maximum Gasteiger partial charge on any atom is 0.303 e. The van der Waals surface area contributed by atoms with E-state index in [1.807, 2.05) is 50.2 Å². The van der Waals surface area contributed by atoms with Crippen molar-refractivity contribution in [1.29, 1.82) is 0 Å². The summed E-state index contributed by atoms with van der Waals surface area (Å²) in [7, 11) is 0. The molecule has 0 atom stereocenters. The van der Waals surface area contributed by atoms with Crippen LogP contribution in [0.15, 0.2) is 48.5 Å². The zero-order chi connectivity index (χ0) is 18.7. The highest BCUT2D eigenvalue weighted by atomic mass is 16.5. The third-order valence-corrected chi connectivity index (χ3v) is 4.60. The van der Waals surface area contributed by atoms with Gasteiger partial charge in [-0.15, -0.1) is 0 Å². The second kappa shape index (κ2) is 7.30. The number of fused-ring (bicyclic) bond motifs is 3. The van der Waals surface area contributed by atoms with E-state index in [2.05, 4.69) is 17.4 Å². The average molecular weight is 353 g/mol. The van der Waals surface area contributed by atoms with Crippen LogP contribution in [0.3, 0.4) is 0 Å². The molecule has 0 unspecified atom stereocenters. The summed E-state index contributed by atoms with van der Waals surface area (Å²) in [6.07, 6.45) is 0.107. The second-order valence-electron chi connectivity index (χ2n) is 7.19. The van der Waals surface area contributed by atoms with Crippen LogP contribution < -0.4 is 5.32 Å². The smallest absolute Gasteiger partial charge is 0.303 e. The van der Waals surface area contributed by atoms with Crippen LogP contribution in [-0.2, 0) is 14.3 Å². The van der Waals surface area contributed by atoms with Gasteiger partial charge in [-0.3, -0.25) is 9.59 Å². The lowest BCUT2D eigenvalue weighted by Crippen LogP contribution is -2.45. The molecule has 0 fully saturated rings. The van der Waals surface area contributed by atoms with Crippen molar-refractivity contribution in [3.05, 3.63) is 59.7 Å². The van der Waals surface area contributed by atoms with Gasteiger partial charge in [0.25, 0.3) is 0 Å². The Labute approximate surface area is 153 Å². The Bertz CT molecular complexity index is 783. The molecule has 0 saturated heterocycles. The zero-order valence-electron chi connectivity index (χ0n) is 15.0. The molecule has 0 radical (unpaired) electrons. The highest BCUT2D eigenvalue weighted by Crippen LogP contribution is 2.44. The van der Waals surface area contributed by atoms with Gasteiger partial charge in [-0.05, 0) is 42.5 Å². The first-order valence-corrected chi connectivity index (χ1v) is 8.70. The molecule has 2 aromatic carbocycles. The van der Waals surface area contributed by atoms with Crippen LogP contribution in [-0.4, -0.2) is 29.1 Å². The third-order valence-electron chi connectivity index (χ3n) is 4.60. The quantitative estimate of drug-likeness (QED) is 0.798. The van der Waals surface area contributed by atoms with Crippen molar-refractivity contribution >= 4 is 11.9 Å².